The van der Waals surface area contributed by atoms with Crippen LogP contribution in [0.3, 0.4) is 0 Å². The Hall–Kier alpha value is -2.82. The summed E-state index contributed by atoms with van der Waals surface area (Å²) in [6, 6.07) is 14.0. The van der Waals surface area contributed by atoms with Crippen molar-refractivity contribution in [1.82, 2.24) is 0 Å². The van der Waals surface area contributed by atoms with Crippen molar-refractivity contribution in [3.05, 3.63) is 65.2 Å². The summed E-state index contributed by atoms with van der Waals surface area (Å²) >= 11 is 0. The second kappa shape index (κ2) is 5.88. The van der Waals surface area contributed by atoms with Gasteiger partial charge in [0.05, 0.1) is 0 Å². The Morgan fingerprint density at radius 3 is 2.15 bits per heavy atom. The fraction of sp³-hybridized carbons (Fsp3) is 0.0667. The van der Waals surface area contributed by atoms with E-state index in [9.17, 15) is 4.79 Å². The van der Waals surface area contributed by atoms with Crippen LogP contribution in [0.1, 0.15) is 21.5 Å². The van der Waals surface area contributed by atoms with Gasteiger partial charge in [-0.1, -0.05) is 35.0 Å². The summed E-state index contributed by atoms with van der Waals surface area (Å²) in [6.45, 7) is 1.98. The number of rotatable bonds is 3. The molecule has 2 aromatic carbocycles. The minimum atomic E-state index is -0.208. The van der Waals surface area contributed by atoms with Crippen LogP contribution in [0.15, 0.2) is 53.7 Å². The summed E-state index contributed by atoms with van der Waals surface area (Å²) in [7, 11) is 0. The van der Waals surface area contributed by atoms with E-state index in [1.165, 1.54) is 0 Å². The summed E-state index contributed by atoms with van der Waals surface area (Å²) < 4.78 is 0. The van der Waals surface area contributed by atoms with Crippen molar-refractivity contribution in [1.29, 1.82) is 0 Å². The number of hydrogen-bond acceptors (Lipinski definition) is 3. The second-order valence-corrected chi connectivity index (χ2v) is 4.38. The van der Waals surface area contributed by atoms with Gasteiger partial charge < -0.3 is 16.3 Å². The number of carbonyl (C=O) groups excluding carboxylic acids is 1. The van der Waals surface area contributed by atoms with Gasteiger partial charge in [0.25, 0.3) is 5.91 Å². The number of aryl methyl sites for hydroxylation is 1. The molecular weight excluding hydrogens is 254 g/mol. The first-order chi connectivity index (χ1) is 9.60. The molecule has 5 nitrogen and oxygen atoms in total. The zero-order valence-corrected chi connectivity index (χ0v) is 11.0. The Balaban J connectivity index is 2.11. The van der Waals surface area contributed by atoms with Crippen molar-refractivity contribution >= 4 is 17.4 Å². The molecule has 0 heterocycles. The average molecular weight is 269 g/mol. The minimum absolute atomic E-state index is 0.00972. The van der Waals surface area contributed by atoms with Crippen LogP contribution in [-0.2, 0) is 0 Å². The predicted octanol–water partition coefficient (Wildman–Crippen LogP) is 2.34. The molecule has 0 radical (unpaired) electrons. The number of nitrogens with one attached hydrogen (secondary N) is 1. The van der Waals surface area contributed by atoms with Crippen molar-refractivity contribution in [2.24, 2.45) is 10.9 Å². The molecule has 0 aromatic heterocycles. The molecule has 20 heavy (non-hydrogen) atoms. The van der Waals surface area contributed by atoms with Gasteiger partial charge >= 0.3 is 0 Å². The topological polar surface area (TPSA) is 87.7 Å². The molecule has 0 aliphatic carbocycles. The smallest absolute Gasteiger partial charge is 0.255 e. The van der Waals surface area contributed by atoms with Crippen LogP contribution in [0.4, 0.5) is 5.69 Å². The van der Waals surface area contributed by atoms with Crippen molar-refractivity contribution in [2.45, 2.75) is 6.92 Å². The Labute approximate surface area is 116 Å². The zero-order chi connectivity index (χ0) is 14.5. The van der Waals surface area contributed by atoms with E-state index in [0.29, 0.717) is 11.1 Å². The van der Waals surface area contributed by atoms with Crippen LogP contribution in [0, 0.1) is 6.92 Å². The third-order valence-corrected chi connectivity index (χ3v) is 2.86. The van der Waals surface area contributed by atoms with E-state index in [2.05, 4.69) is 10.5 Å². The standard InChI is InChI=1S/C15H15N3O2/c1-10-2-8-13(9-3-10)17-15(19)12-6-4-11(5-7-12)14(16)18-20/h2-9,20H,1H3,(H2,16,18)(H,17,19). The quantitative estimate of drug-likeness (QED) is 0.346. The van der Waals surface area contributed by atoms with E-state index >= 15 is 0 Å². The van der Waals surface area contributed by atoms with Crippen LogP contribution in [0.5, 0.6) is 0 Å². The molecule has 2 rings (SSSR count). The number of amides is 1. The fourth-order valence-corrected chi connectivity index (χ4v) is 1.69. The van der Waals surface area contributed by atoms with E-state index < -0.39 is 0 Å². The SMILES string of the molecule is Cc1ccc(NC(=O)c2ccc(/C(N)=N/O)cc2)cc1. The third kappa shape index (κ3) is 3.14. The third-order valence-electron chi connectivity index (χ3n) is 2.86. The highest BCUT2D eigenvalue weighted by atomic mass is 16.4. The summed E-state index contributed by atoms with van der Waals surface area (Å²) in [5.41, 5.74) is 8.38. The summed E-state index contributed by atoms with van der Waals surface area (Å²) in [5, 5.41) is 14.3. The number of nitrogens with two attached hydrogens (primary N) is 1. The lowest BCUT2D eigenvalue weighted by atomic mass is 10.1. The maximum absolute atomic E-state index is 12.0. The summed E-state index contributed by atoms with van der Waals surface area (Å²) in [4.78, 5) is 12.0. The highest BCUT2D eigenvalue weighted by molar-refractivity contribution is 6.05. The number of nitrogens with zero attached hydrogens (tertiary/aromatic N) is 1. The van der Waals surface area contributed by atoms with Crippen LogP contribution in [0.25, 0.3) is 0 Å². The van der Waals surface area contributed by atoms with E-state index in [1.807, 2.05) is 31.2 Å². The second-order valence-electron chi connectivity index (χ2n) is 4.38. The first-order valence-corrected chi connectivity index (χ1v) is 6.06. The van der Waals surface area contributed by atoms with Gasteiger partial charge in [-0.3, -0.25) is 4.79 Å². The van der Waals surface area contributed by atoms with Crippen molar-refractivity contribution < 1.29 is 10.0 Å². The normalized spacial score (nSPS) is 11.2. The number of oxime groups is 1. The molecule has 5 heteroatoms. The molecule has 4 N–H and O–H groups in total. The lowest BCUT2D eigenvalue weighted by Gasteiger charge is -2.06. The average Bonchev–Trinajstić information content (AvgIpc) is 2.49. The highest BCUT2D eigenvalue weighted by Gasteiger charge is 2.07. The molecule has 0 aliphatic rings. The minimum Gasteiger partial charge on any atom is -0.409 e. The fourth-order valence-electron chi connectivity index (χ4n) is 1.69. The largest absolute Gasteiger partial charge is 0.409 e. The van der Waals surface area contributed by atoms with E-state index in [0.717, 1.165) is 11.3 Å². The van der Waals surface area contributed by atoms with E-state index in [4.69, 9.17) is 10.9 Å². The Morgan fingerprint density at radius 2 is 1.60 bits per heavy atom. The summed E-state index contributed by atoms with van der Waals surface area (Å²) in [5.74, 6) is -0.199. The molecule has 0 saturated carbocycles. The molecule has 0 spiro atoms. The monoisotopic (exact) mass is 269 g/mol. The van der Waals surface area contributed by atoms with Gasteiger partial charge in [0.2, 0.25) is 0 Å². The van der Waals surface area contributed by atoms with Gasteiger partial charge in [-0.15, -0.1) is 0 Å². The number of hydrogen-bond donors (Lipinski definition) is 3. The molecule has 1 amide bonds. The molecular formula is C15H15N3O2. The number of benzene rings is 2. The van der Waals surface area contributed by atoms with Gasteiger partial charge in [-0.2, -0.15) is 0 Å². The number of carbonyl (C=O) groups is 1. The van der Waals surface area contributed by atoms with Crippen LogP contribution >= 0.6 is 0 Å². The van der Waals surface area contributed by atoms with E-state index in [1.54, 1.807) is 24.3 Å². The van der Waals surface area contributed by atoms with Crippen molar-refractivity contribution in [3.8, 4) is 0 Å². The van der Waals surface area contributed by atoms with Crippen LogP contribution in [-0.4, -0.2) is 17.0 Å². The first kappa shape index (κ1) is 13.6. The molecule has 2 aromatic rings. The van der Waals surface area contributed by atoms with E-state index in [-0.39, 0.29) is 11.7 Å². The number of anilines is 1. The zero-order valence-electron chi connectivity index (χ0n) is 11.0. The number of amidine groups is 1. The summed E-state index contributed by atoms with van der Waals surface area (Å²) in [6.07, 6.45) is 0. The van der Waals surface area contributed by atoms with Crippen LogP contribution in [0.2, 0.25) is 0 Å². The van der Waals surface area contributed by atoms with Gasteiger partial charge in [0, 0.05) is 16.8 Å². The highest BCUT2D eigenvalue weighted by Crippen LogP contribution is 2.11. The van der Waals surface area contributed by atoms with Crippen molar-refractivity contribution in [2.75, 3.05) is 5.32 Å². The molecule has 0 aliphatic heterocycles. The van der Waals surface area contributed by atoms with Gasteiger partial charge in [-0.05, 0) is 31.2 Å². The maximum atomic E-state index is 12.0. The Kier molecular flexibility index (Phi) is 4.00. The van der Waals surface area contributed by atoms with Gasteiger partial charge in [0.15, 0.2) is 5.84 Å². The van der Waals surface area contributed by atoms with Gasteiger partial charge in [-0.25, -0.2) is 0 Å². The molecule has 0 bridgehead atoms. The maximum Gasteiger partial charge on any atom is 0.255 e. The predicted molar refractivity (Wildman–Crippen MR) is 78.1 cm³/mol. The molecule has 0 unspecified atom stereocenters. The molecule has 0 fully saturated rings. The first-order valence-electron chi connectivity index (χ1n) is 6.06. The Morgan fingerprint density at radius 1 is 1.05 bits per heavy atom. The lowest BCUT2D eigenvalue weighted by Crippen LogP contribution is -2.15. The van der Waals surface area contributed by atoms with Crippen LogP contribution < -0.4 is 11.1 Å². The molecule has 0 saturated heterocycles. The molecule has 102 valence electrons. The molecule has 0 atom stereocenters. The van der Waals surface area contributed by atoms with Gasteiger partial charge in [0.1, 0.15) is 0 Å². The van der Waals surface area contributed by atoms with Crippen molar-refractivity contribution in [3.63, 3.8) is 0 Å². The Bertz CT molecular complexity index is 631. The lowest BCUT2D eigenvalue weighted by molar-refractivity contribution is 0.102.